The molecule has 0 fully saturated rings. The van der Waals surface area contributed by atoms with E-state index in [4.69, 9.17) is 4.74 Å². The molecular formula is C11H22F3NO. The Morgan fingerprint density at radius 2 is 1.62 bits per heavy atom. The SMILES string of the molecule is CCC(CC)NCC(C)OC(C)C(F)(F)F. The van der Waals surface area contributed by atoms with Crippen LogP contribution in [0.25, 0.3) is 0 Å². The highest BCUT2D eigenvalue weighted by molar-refractivity contribution is 4.68. The minimum Gasteiger partial charge on any atom is -0.365 e. The summed E-state index contributed by atoms with van der Waals surface area (Å²) in [5, 5.41) is 3.18. The standard InChI is InChI=1S/C11H22F3NO/c1-5-10(6-2)15-7-8(3)16-9(4)11(12,13)14/h8-10,15H,5-7H2,1-4H3. The lowest BCUT2D eigenvalue weighted by Gasteiger charge is -2.23. The molecule has 0 radical (unpaired) electrons. The summed E-state index contributed by atoms with van der Waals surface area (Å²) in [5.74, 6) is 0. The van der Waals surface area contributed by atoms with Gasteiger partial charge in [0.1, 0.15) is 0 Å². The first kappa shape index (κ1) is 15.7. The van der Waals surface area contributed by atoms with Gasteiger partial charge in [-0.25, -0.2) is 0 Å². The molecule has 0 aromatic heterocycles. The fourth-order valence-corrected chi connectivity index (χ4v) is 1.38. The predicted molar refractivity (Wildman–Crippen MR) is 58.4 cm³/mol. The van der Waals surface area contributed by atoms with Crippen molar-refractivity contribution >= 4 is 0 Å². The molecule has 98 valence electrons. The minimum atomic E-state index is -4.27. The Hall–Kier alpha value is -0.290. The van der Waals surface area contributed by atoms with Gasteiger partial charge in [-0.1, -0.05) is 13.8 Å². The summed E-state index contributed by atoms with van der Waals surface area (Å²) in [4.78, 5) is 0. The van der Waals surface area contributed by atoms with Crippen LogP contribution in [0.1, 0.15) is 40.5 Å². The molecule has 0 spiro atoms. The lowest BCUT2D eigenvalue weighted by molar-refractivity contribution is -0.224. The predicted octanol–water partition coefficient (Wildman–Crippen LogP) is 3.12. The third-order valence-corrected chi connectivity index (χ3v) is 2.58. The molecular weight excluding hydrogens is 219 g/mol. The molecule has 2 unspecified atom stereocenters. The molecule has 0 aliphatic rings. The summed E-state index contributed by atoms with van der Waals surface area (Å²) >= 11 is 0. The molecule has 0 aliphatic heterocycles. The Labute approximate surface area is 95.5 Å². The summed E-state index contributed by atoms with van der Waals surface area (Å²) in [6, 6.07) is 0.354. The maximum atomic E-state index is 12.2. The first-order valence-electron chi connectivity index (χ1n) is 5.76. The molecule has 1 N–H and O–H groups in total. The molecule has 0 amide bonds. The van der Waals surface area contributed by atoms with E-state index in [0.29, 0.717) is 12.6 Å². The first-order valence-corrected chi connectivity index (χ1v) is 5.76. The van der Waals surface area contributed by atoms with E-state index in [2.05, 4.69) is 5.32 Å². The van der Waals surface area contributed by atoms with Gasteiger partial charge in [-0.05, 0) is 26.7 Å². The Morgan fingerprint density at radius 1 is 1.12 bits per heavy atom. The van der Waals surface area contributed by atoms with Crippen LogP contribution < -0.4 is 5.32 Å². The van der Waals surface area contributed by atoms with Crippen molar-refractivity contribution in [2.75, 3.05) is 6.54 Å². The first-order chi connectivity index (χ1) is 7.31. The van der Waals surface area contributed by atoms with Gasteiger partial charge in [0.2, 0.25) is 0 Å². The van der Waals surface area contributed by atoms with E-state index in [9.17, 15) is 13.2 Å². The Kier molecular flexibility index (Phi) is 6.99. The zero-order chi connectivity index (χ0) is 12.8. The molecule has 0 aliphatic carbocycles. The van der Waals surface area contributed by atoms with Gasteiger partial charge >= 0.3 is 6.18 Å². The zero-order valence-corrected chi connectivity index (χ0v) is 10.4. The van der Waals surface area contributed by atoms with Crippen molar-refractivity contribution in [3.8, 4) is 0 Å². The molecule has 0 saturated carbocycles. The van der Waals surface area contributed by atoms with Gasteiger partial charge in [0.05, 0.1) is 6.10 Å². The van der Waals surface area contributed by atoms with Crippen molar-refractivity contribution < 1.29 is 17.9 Å². The molecule has 0 aromatic carbocycles. The van der Waals surface area contributed by atoms with Crippen molar-refractivity contribution in [2.24, 2.45) is 0 Å². The summed E-state index contributed by atoms with van der Waals surface area (Å²) in [6.45, 7) is 7.23. The number of hydrogen-bond acceptors (Lipinski definition) is 2. The largest absolute Gasteiger partial charge is 0.414 e. The number of rotatable bonds is 7. The number of alkyl halides is 3. The van der Waals surface area contributed by atoms with Crippen molar-refractivity contribution in [1.29, 1.82) is 0 Å². The van der Waals surface area contributed by atoms with Crippen LogP contribution in [0.5, 0.6) is 0 Å². The third-order valence-electron chi connectivity index (χ3n) is 2.58. The van der Waals surface area contributed by atoms with E-state index in [-0.39, 0.29) is 0 Å². The Balaban J connectivity index is 3.86. The summed E-state index contributed by atoms with van der Waals surface area (Å²) < 4.78 is 41.5. The van der Waals surface area contributed by atoms with Crippen LogP contribution >= 0.6 is 0 Å². The highest BCUT2D eigenvalue weighted by Gasteiger charge is 2.37. The molecule has 0 saturated heterocycles. The minimum absolute atomic E-state index is 0.354. The van der Waals surface area contributed by atoms with E-state index in [1.54, 1.807) is 6.92 Å². The van der Waals surface area contributed by atoms with Gasteiger partial charge in [0, 0.05) is 12.6 Å². The number of nitrogens with one attached hydrogen (secondary N) is 1. The summed E-state index contributed by atoms with van der Waals surface area (Å²) in [7, 11) is 0. The Bertz CT molecular complexity index is 181. The highest BCUT2D eigenvalue weighted by atomic mass is 19.4. The van der Waals surface area contributed by atoms with Crippen molar-refractivity contribution in [3.05, 3.63) is 0 Å². The maximum absolute atomic E-state index is 12.2. The third kappa shape index (κ3) is 6.33. The normalized spacial score (nSPS) is 16.5. The van der Waals surface area contributed by atoms with Crippen LogP contribution in [-0.4, -0.2) is 31.0 Å². The van der Waals surface area contributed by atoms with E-state index in [1.165, 1.54) is 0 Å². The van der Waals surface area contributed by atoms with Gasteiger partial charge in [0.15, 0.2) is 6.10 Å². The molecule has 16 heavy (non-hydrogen) atoms. The summed E-state index contributed by atoms with van der Waals surface area (Å²) in [5.41, 5.74) is 0. The van der Waals surface area contributed by atoms with Crippen molar-refractivity contribution in [3.63, 3.8) is 0 Å². The topological polar surface area (TPSA) is 21.3 Å². The lowest BCUT2D eigenvalue weighted by atomic mass is 10.1. The zero-order valence-electron chi connectivity index (χ0n) is 10.4. The molecule has 0 heterocycles. The van der Waals surface area contributed by atoms with Gasteiger partial charge in [-0.2, -0.15) is 13.2 Å². The van der Waals surface area contributed by atoms with E-state index < -0.39 is 18.4 Å². The quantitative estimate of drug-likeness (QED) is 0.739. The Morgan fingerprint density at radius 3 is 2.00 bits per heavy atom. The van der Waals surface area contributed by atoms with Crippen LogP contribution in [0.2, 0.25) is 0 Å². The van der Waals surface area contributed by atoms with Crippen LogP contribution in [0, 0.1) is 0 Å². The van der Waals surface area contributed by atoms with Crippen molar-refractivity contribution in [1.82, 2.24) is 5.32 Å². The number of halogens is 3. The second-order valence-corrected chi connectivity index (χ2v) is 4.05. The van der Waals surface area contributed by atoms with E-state index in [1.807, 2.05) is 13.8 Å². The molecule has 5 heteroatoms. The highest BCUT2D eigenvalue weighted by Crippen LogP contribution is 2.23. The maximum Gasteiger partial charge on any atom is 0.414 e. The van der Waals surface area contributed by atoms with Crippen LogP contribution in [-0.2, 0) is 4.74 Å². The molecule has 2 atom stereocenters. The van der Waals surface area contributed by atoms with Crippen LogP contribution in [0.3, 0.4) is 0 Å². The lowest BCUT2D eigenvalue weighted by Crippen LogP contribution is -2.39. The average molecular weight is 241 g/mol. The van der Waals surface area contributed by atoms with Crippen LogP contribution in [0.15, 0.2) is 0 Å². The van der Waals surface area contributed by atoms with Gasteiger partial charge < -0.3 is 10.1 Å². The fraction of sp³-hybridized carbons (Fsp3) is 1.00. The number of hydrogen-bond donors (Lipinski definition) is 1. The van der Waals surface area contributed by atoms with E-state index >= 15 is 0 Å². The monoisotopic (exact) mass is 241 g/mol. The van der Waals surface area contributed by atoms with Gasteiger partial charge in [-0.3, -0.25) is 0 Å². The second kappa shape index (κ2) is 7.12. The van der Waals surface area contributed by atoms with Crippen molar-refractivity contribution in [2.45, 2.75) is 65.0 Å². The van der Waals surface area contributed by atoms with E-state index in [0.717, 1.165) is 19.8 Å². The molecule has 2 nitrogen and oxygen atoms in total. The average Bonchev–Trinajstić information content (AvgIpc) is 2.17. The second-order valence-electron chi connectivity index (χ2n) is 4.05. The van der Waals surface area contributed by atoms with Gasteiger partial charge in [0.25, 0.3) is 0 Å². The summed E-state index contributed by atoms with van der Waals surface area (Å²) in [6.07, 6.45) is -4.47. The van der Waals surface area contributed by atoms with Gasteiger partial charge in [-0.15, -0.1) is 0 Å². The molecule has 0 aromatic rings. The fourth-order valence-electron chi connectivity index (χ4n) is 1.38. The molecule has 0 rings (SSSR count). The smallest absolute Gasteiger partial charge is 0.365 e. The van der Waals surface area contributed by atoms with Crippen LogP contribution in [0.4, 0.5) is 13.2 Å². The number of ether oxygens (including phenoxy) is 1. The molecule has 0 bridgehead atoms.